The van der Waals surface area contributed by atoms with Crippen LogP contribution in [0.25, 0.3) is 27.7 Å². The molecule has 3 aromatic rings. The van der Waals surface area contributed by atoms with Gasteiger partial charge in [-0.3, -0.25) is 9.88 Å². The van der Waals surface area contributed by atoms with Crippen LogP contribution in [0.5, 0.6) is 6.01 Å². The molecule has 0 amide bonds. The molecule has 10 heteroatoms. The minimum absolute atomic E-state index is 0.00794. The first-order valence-electron chi connectivity index (χ1n) is 16.8. The van der Waals surface area contributed by atoms with E-state index in [1.165, 1.54) is 0 Å². The van der Waals surface area contributed by atoms with Gasteiger partial charge in [0.05, 0.1) is 36.0 Å². The molecule has 242 valence electrons. The van der Waals surface area contributed by atoms with Crippen LogP contribution in [0.4, 0.5) is 19.0 Å². The number of aryl methyl sites for hydroxylation is 1. The van der Waals surface area contributed by atoms with Crippen molar-refractivity contribution in [2.45, 2.75) is 63.5 Å². The third kappa shape index (κ3) is 4.39. The van der Waals surface area contributed by atoms with Crippen molar-refractivity contribution in [1.82, 2.24) is 19.9 Å². The van der Waals surface area contributed by atoms with E-state index in [9.17, 15) is 4.39 Å². The van der Waals surface area contributed by atoms with Gasteiger partial charge < -0.3 is 14.4 Å². The number of anilines is 1. The zero-order valence-electron chi connectivity index (χ0n) is 26.4. The van der Waals surface area contributed by atoms with Crippen molar-refractivity contribution in [1.29, 1.82) is 0 Å². The fourth-order valence-electron chi connectivity index (χ4n) is 8.98. The summed E-state index contributed by atoms with van der Waals surface area (Å²) in [4.78, 5) is 18.8. The average molecular weight is 640 g/mol. The van der Waals surface area contributed by atoms with Crippen LogP contribution in [0.1, 0.15) is 56.6 Å². The largest absolute Gasteiger partial charge is 0.461 e. The molecule has 3 saturated heterocycles. The second-order valence-electron chi connectivity index (χ2n) is 14.1. The van der Waals surface area contributed by atoms with E-state index in [1.54, 1.807) is 12.3 Å². The van der Waals surface area contributed by atoms with Crippen LogP contribution in [-0.2, 0) is 11.2 Å². The third-order valence-electron chi connectivity index (χ3n) is 11.8. The first-order valence-corrected chi connectivity index (χ1v) is 16.8. The topological polar surface area (TPSA) is 63.6 Å². The number of pyridine rings is 1. The summed E-state index contributed by atoms with van der Waals surface area (Å²) in [7, 11) is 0. The SMILES string of the molecule is C[C@@H]1[C@@H]2CC#CC3=C(F)CCc4cccc(c43)-c3ncc4c(nc(OC[C@]56C/C(=C\F)CN5CCC65CC5)nc4c3F)N1CCOC2. The van der Waals surface area contributed by atoms with E-state index in [4.69, 9.17) is 19.4 Å². The summed E-state index contributed by atoms with van der Waals surface area (Å²) in [5.41, 5.74) is 3.05. The molecular formula is C37H36F3N5O2. The van der Waals surface area contributed by atoms with Gasteiger partial charge in [0.2, 0.25) is 0 Å². The number of rotatable bonds is 3. The van der Waals surface area contributed by atoms with Gasteiger partial charge in [-0.05, 0) is 62.1 Å². The molecule has 7 nitrogen and oxygen atoms in total. The Kier molecular flexibility index (Phi) is 6.71. The molecule has 5 aliphatic heterocycles. The normalized spacial score (nSPS) is 28.3. The van der Waals surface area contributed by atoms with Crippen molar-refractivity contribution < 1.29 is 22.6 Å². The average Bonchev–Trinajstić information content (AvgIpc) is 3.76. The monoisotopic (exact) mass is 639 g/mol. The first kappa shape index (κ1) is 29.2. The highest BCUT2D eigenvalue weighted by atomic mass is 19.1. The zero-order valence-corrected chi connectivity index (χ0v) is 26.4. The van der Waals surface area contributed by atoms with Gasteiger partial charge in [-0.25, -0.2) is 13.2 Å². The molecule has 0 N–H and O–H groups in total. The third-order valence-corrected chi connectivity index (χ3v) is 11.8. The van der Waals surface area contributed by atoms with Crippen molar-refractivity contribution in [3.63, 3.8) is 0 Å². The molecule has 0 radical (unpaired) electrons. The van der Waals surface area contributed by atoms with Crippen molar-refractivity contribution in [3.8, 4) is 29.1 Å². The van der Waals surface area contributed by atoms with Crippen molar-refractivity contribution in [3.05, 3.63) is 59.1 Å². The molecule has 2 aliphatic carbocycles. The highest BCUT2D eigenvalue weighted by Gasteiger charge is 2.67. The minimum atomic E-state index is -0.613. The van der Waals surface area contributed by atoms with E-state index >= 15 is 8.78 Å². The quantitative estimate of drug-likeness (QED) is 0.301. The van der Waals surface area contributed by atoms with Gasteiger partial charge in [-0.1, -0.05) is 30.0 Å². The molecular weight excluding hydrogens is 603 g/mol. The Morgan fingerprint density at radius 2 is 2.04 bits per heavy atom. The van der Waals surface area contributed by atoms with E-state index in [0.717, 1.165) is 43.3 Å². The lowest BCUT2D eigenvalue weighted by atomic mass is 9.80. The van der Waals surface area contributed by atoms with Crippen LogP contribution >= 0.6 is 0 Å². The second kappa shape index (κ2) is 10.8. The Morgan fingerprint density at radius 1 is 1.15 bits per heavy atom. The maximum Gasteiger partial charge on any atom is 0.319 e. The van der Waals surface area contributed by atoms with Gasteiger partial charge in [-0.2, -0.15) is 9.97 Å². The standard InChI is InChI=1S/C37H36F3N5O2/c1-22-25-5-3-6-26-29(39)9-8-24-4-2-7-27(30(24)26)32-31(40)33-28(18-41-32)34(45(22)14-15-46-20-25)43-35(42-33)47-21-37-16-23(17-38)19-44(37)13-12-36(37)10-11-36/h2,4,7,17-18,22,25H,5,8-16,19-21H2,1H3/b23-17+/t22-,25-,37+/m1/s1. The van der Waals surface area contributed by atoms with Gasteiger partial charge in [-0.15, -0.1) is 0 Å². The number of nitrogens with zero attached hydrogens (tertiary/aromatic N) is 5. The number of allylic oxidation sites excluding steroid dienone is 2. The molecule has 1 aromatic carbocycles. The molecule has 10 rings (SSSR count). The number of hydrogen-bond acceptors (Lipinski definition) is 7. The number of benzene rings is 1. The van der Waals surface area contributed by atoms with Crippen LogP contribution in [0.2, 0.25) is 0 Å². The smallest absolute Gasteiger partial charge is 0.319 e. The lowest BCUT2D eigenvalue weighted by molar-refractivity contribution is 0.0649. The van der Waals surface area contributed by atoms with Gasteiger partial charge in [0, 0.05) is 55.2 Å². The van der Waals surface area contributed by atoms with Crippen LogP contribution in [0.15, 0.2) is 42.1 Å². The van der Waals surface area contributed by atoms with Crippen LogP contribution in [0, 0.1) is 29.0 Å². The van der Waals surface area contributed by atoms with Gasteiger partial charge in [0.25, 0.3) is 0 Å². The van der Waals surface area contributed by atoms with Gasteiger partial charge in [0.15, 0.2) is 5.82 Å². The van der Waals surface area contributed by atoms with E-state index in [-0.39, 0.29) is 52.4 Å². The zero-order chi connectivity index (χ0) is 31.9. The molecule has 6 bridgehead atoms. The Hall–Kier alpha value is -3.94. The molecule has 7 aliphatic rings. The van der Waals surface area contributed by atoms with Crippen LogP contribution in [0.3, 0.4) is 0 Å². The second-order valence-corrected chi connectivity index (χ2v) is 14.1. The van der Waals surface area contributed by atoms with Crippen LogP contribution in [-0.4, -0.2) is 70.9 Å². The van der Waals surface area contributed by atoms with E-state index in [1.807, 2.05) is 12.1 Å². The summed E-state index contributed by atoms with van der Waals surface area (Å²) < 4.78 is 58.9. The molecule has 3 atom stereocenters. The lowest BCUT2D eigenvalue weighted by Gasteiger charge is -2.37. The number of fused-ring (bicyclic) bond motifs is 4. The van der Waals surface area contributed by atoms with Crippen molar-refractivity contribution in [2.75, 3.05) is 44.4 Å². The van der Waals surface area contributed by atoms with Crippen molar-refractivity contribution in [2.24, 2.45) is 11.3 Å². The Morgan fingerprint density at radius 3 is 2.89 bits per heavy atom. The lowest BCUT2D eigenvalue weighted by Crippen LogP contribution is -2.49. The Labute approximate surface area is 271 Å². The summed E-state index contributed by atoms with van der Waals surface area (Å²) in [6, 6.07) is 5.59. The summed E-state index contributed by atoms with van der Waals surface area (Å²) in [5.74, 6) is 6.03. The number of aromatic nitrogens is 3. The number of halogens is 3. The maximum atomic E-state index is 17.0. The number of hydrogen-bond donors (Lipinski definition) is 0. The summed E-state index contributed by atoms with van der Waals surface area (Å²) in [6.07, 6.45) is 7.50. The summed E-state index contributed by atoms with van der Waals surface area (Å²) >= 11 is 0. The highest BCUT2D eigenvalue weighted by molar-refractivity contribution is 5.95. The predicted octanol–water partition coefficient (Wildman–Crippen LogP) is 6.57. The number of ether oxygens (including phenoxy) is 2. The molecule has 1 saturated carbocycles. The predicted molar refractivity (Wildman–Crippen MR) is 172 cm³/mol. The van der Waals surface area contributed by atoms with Crippen molar-refractivity contribution >= 4 is 22.3 Å². The van der Waals surface area contributed by atoms with Crippen LogP contribution < -0.4 is 9.64 Å². The summed E-state index contributed by atoms with van der Waals surface area (Å²) in [5, 5.41) is 0.476. The van der Waals surface area contributed by atoms with Gasteiger partial charge in [0.1, 0.15) is 29.5 Å². The molecule has 2 aromatic heterocycles. The Bertz CT molecular complexity index is 1950. The first-order chi connectivity index (χ1) is 22.9. The molecule has 0 unspecified atom stereocenters. The minimum Gasteiger partial charge on any atom is -0.461 e. The maximum absolute atomic E-state index is 17.0. The fraction of sp³-hybridized carbons (Fsp3) is 0.486. The molecule has 4 fully saturated rings. The van der Waals surface area contributed by atoms with E-state index in [0.29, 0.717) is 80.1 Å². The summed E-state index contributed by atoms with van der Waals surface area (Å²) in [6.45, 7) is 5.37. The van der Waals surface area contributed by atoms with E-state index < -0.39 is 5.82 Å². The molecule has 1 spiro atoms. The molecule has 47 heavy (non-hydrogen) atoms. The fourth-order valence-corrected chi connectivity index (χ4v) is 8.98. The van der Waals surface area contributed by atoms with Gasteiger partial charge >= 0.3 is 6.01 Å². The highest BCUT2D eigenvalue weighted by Crippen LogP contribution is 2.66. The Balaban J connectivity index is 1.23. The molecule has 7 heterocycles. The van der Waals surface area contributed by atoms with E-state index in [2.05, 4.69) is 33.5 Å².